The molecule has 1 fully saturated rings. The summed E-state index contributed by atoms with van der Waals surface area (Å²) in [6, 6.07) is 6.93. The van der Waals surface area contributed by atoms with E-state index in [1.165, 1.54) is 28.9 Å². The first-order chi connectivity index (χ1) is 13.3. The number of hydrazone groups is 1. The van der Waals surface area contributed by atoms with Crippen LogP contribution in [0, 0.1) is 10.1 Å². The van der Waals surface area contributed by atoms with E-state index in [2.05, 4.69) is 10.5 Å². The second-order valence-electron chi connectivity index (χ2n) is 6.40. The van der Waals surface area contributed by atoms with Crippen LogP contribution in [0.4, 0.5) is 11.4 Å². The Kier molecular flexibility index (Phi) is 5.77. The predicted octanol–water partition coefficient (Wildman–Crippen LogP) is 2.43. The molecule has 0 bridgehead atoms. The van der Waals surface area contributed by atoms with Crippen LogP contribution in [0.3, 0.4) is 0 Å². The molecule has 1 aliphatic heterocycles. The highest BCUT2D eigenvalue weighted by Crippen LogP contribution is 2.30. The van der Waals surface area contributed by atoms with Crippen molar-refractivity contribution in [2.75, 3.05) is 18.5 Å². The molecule has 2 heterocycles. The Labute approximate surface area is 162 Å². The number of hydrogen-bond acceptors (Lipinski definition) is 8. The molecule has 150 valence electrons. The smallest absolute Gasteiger partial charge is 0.270 e. The highest BCUT2D eigenvalue weighted by molar-refractivity contribution is 7.89. The molecule has 0 amide bonds. The lowest BCUT2D eigenvalue weighted by Gasteiger charge is -2.34. The Bertz CT molecular complexity index is 964. The van der Waals surface area contributed by atoms with Gasteiger partial charge < -0.3 is 9.15 Å². The topological polar surface area (TPSA) is 127 Å². The van der Waals surface area contributed by atoms with E-state index in [9.17, 15) is 18.5 Å². The highest BCUT2D eigenvalue weighted by Gasteiger charge is 2.34. The van der Waals surface area contributed by atoms with Gasteiger partial charge in [0.05, 0.1) is 35.3 Å². The van der Waals surface area contributed by atoms with E-state index < -0.39 is 14.9 Å². The average Bonchev–Trinajstić information content (AvgIpc) is 3.14. The zero-order valence-electron chi connectivity index (χ0n) is 15.3. The van der Waals surface area contributed by atoms with Crippen molar-refractivity contribution in [1.82, 2.24) is 4.31 Å². The molecule has 2 atom stereocenters. The van der Waals surface area contributed by atoms with Crippen molar-refractivity contribution in [3.63, 3.8) is 0 Å². The largest absolute Gasteiger partial charge is 0.463 e. The summed E-state index contributed by atoms with van der Waals surface area (Å²) < 4.78 is 38.4. The van der Waals surface area contributed by atoms with Gasteiger partial charge in [0.1, 0.15) is 10.7 Å². The number of ether oxygens (including phenoxy) is 1. The molecule has 3 rings (SSSR count). The monoisotopic (exact) mass is 408 g/mol. The molecule has 10 nitrogen and oxygen atoms in total. The molecule has 1 aliphatic rings. The summed E-state index contributed by atoms with van der Waals surface area (Å²) in [5.74, 6) is 0.467. The van der Waals surface area contributed by atoms with Crippen LogP contribution in [0.5, 0.6) is 0 Å². The Morgan fingerprint density at radius 3 is 2.61 bits per heavy atom. The number of rotatable bonds is 6. The molecule has 1 aromatic heterocycles. The third-order valence-electron chi connectivity index (χ3n) is 4.10. The average molecular weight is 408 g/mol. The quantitative estimate of drug-likeness (QED) is 0.442. The molecule has 0 aliphatic carbocycles. The van der Waals surface area contributed by atoms with Gasteiger partial charge in [-0.15, -0.1) is 0 Å². The number of nitrogens with zero attached hydrogens (tertiary/aromatic N) is 3. The van der Waals surface area contributed by atoms with Gasteiger partial charge in [-0.25, -0.2) is 8.42 Å². The van der Waals surface area contributed by atoms with E-state index in [-0.39, 0.29) is 41.6 Å². The molecule has 0 unspecified atom stereocenters. The van der Waals surface area contributed by atoms with Gasteiger partial charge in [0.25, 0.3) is 5.69 Å². The van der Waals surface area contributed by atoms with Crippen LogP contribution in [0.1, 0.15) is 19.6 Å². The first-order valence-corrected chi connectivity index (χ1v) is 9.98. The number of benzene rings is 1. The van der Waals surface area contributed by atoms with Gasteiger partial charge in [0.2, 0.25) is 10.0 Å². The van der Waals surface area contributed by atoms with Crippen molar-refractivity contribution in [3.8, 4) is 0 Å². The van der Waals surface area contributed by atoms with Gasteiger partial charge in [-0.1, -0.05) is 0 Å². The lowest BCUT2D eigenvalue weighted by molar-refractivity contribution is -0.385. The van der Waals surface area contributed by atoms with Crippen LogP contribution in [-0.2, 0) is 14.8 Å². The summed E-state index contributed by atoms with van der Waals surface area (Å²) >= 11 is 0. The van der Waals surface area contributed by atoms with Crippen molar-refractivity contribution in [2.45, 2.75) is 31.0 Å². The number of furan rings is 1. The summed E-state index contributed by atoms with van der Waals surface area (Å²) in [6.45, 7) is 3.87. The predicted molar refractivity (Wildman–Crippen MR) is 102 cm³/mol. The lowest BCUT2D eigenvalue weighted by atomic mass is 10.3. The normalized spacial score (nSPS) is 21.1. The number of anilines is 1. The van der Waals surface area contributed by atoms with E-state index in [4.69, 9.17) is 9.15 Å². The SMILES string of the molecule is C[C@@H]1CN(S(=O)(=O)c2cc([N+](=O)[O-])ccc2N/N=C\c2ccco2)C[C@@H](C)O1. The fourth-order valence-corrected chi connectivity index (χ4v) is 4.68. The molecule has 0 saturated carbocycles. The van der Waals surface area contributed by atoms with Crippen LogP contribution in [0.15, 0.2) is 51.0 Å². The number of nitrogens with one attached hydrogen (secondary N) is 1. The van der Waals surface area contributed by atoms with E-state index in [1.807, 2.05) is 0 Å². The first-order valence-electron chi connectivity index (χ1n) is 8.54. The molecular formula is C17H20N4O6S. The maximum atomic E-state index is 13.2. The number of non-ortho nitro benzene ring substituents is 1. The third kappa shape index (κ3) is 4.38. The highest BCUT2D eigenvalue weighted by atomic mass is 32.2. The standard InChI is InChI=1S/C17H20N4O6S/c1-12-10-20(11-13(2)27-12)28(24,25)17-8-14(21(22)23)5-6-16(17)19-18-9-15-4-3-7-26-15/h3-9,12-13,19H,10-11H2,1-2H3/b18-9-/t12-,13-/m1/s1. The number of nitro benzene ring substituents is 1. The first kappa shape index (κ1) is 20.0. The molecule has 2 aromatic rings. The zero-order chi connectivity index (χ0) is 20.3. The Balaban J connectivity index is 1.96. The minimum Gasteiger partial charge on any atom is -0.463 e. The van der Waals surface area contributed by atoms with Gasteiger partial charge in [0.15, 0.2) is 0 Å². The number of nitro groups is 1. The minimum absolute atomic E-state index is 0.125. The van der Waals surface area contributed by atoms with Gasteiger partial charge in [-0.3, -0.25) is 15.5 Å². The van der Waals surface area contributed by atoms with Crippen molar-refractivity contribution < 1.29 is 22.5 Å². The third-order valence-corrected chi connectivity index (χ3v) is 5.97. The Morgan fingerprint density at radius 2 is 2.00 bits per heavy atom. The fraction of sp³-hybridized carbons (Fsp3) is 0.353. The van der Waals surface area contributed by atoms with Gasteiger partial charge in [-0.2, -0.15) is 9.41 Å². The van der Waals surface area contributed by atoms with Crippen LogP contribution >= 0.6 is 0 Å². The van der Waals surface area contributed by atoms with E-state index in [1.54, 1.807) is 26.0 Å². The molecule has 11 heteroatoms. The second-order valence-corrected chi connectivity index (χ2v) is 8.31. The van der Waals surface area contributed by atoms with Gasteiger partial charge >= 0.3 is 0 Å². The maximum absolute atomic E-state index is 13.2. The van der Waals surface area contributed by atoms with Crippen molar-refractivity contribution in [1.29, 1.82) is 0 Å². The number of sulfonamides is 1. The van der Waals surface area contributed by atoms with Crippen LogP contribution in [0.2, 0.25) is 0 Å². The van der Waals surface area contributed by atoms with E-state index in [0.717, 1.165) is 6.07 Å². The number of hydrogen-bond donors (Lipinski definition) is 1. The zero-order valence-corrected chi connectivity index (χ0v) is 16.1. The van der Waals surface area contributed by atoms with Crippen LogP contribution in [0.25, 0.3) is 0 Å². The van der Waals surface area contributed by atoms with Crippen molar-refractivity contribution in [2.24, 2.45) is 5.10 Å². The van der Waals surface area contributed by atoms with Gasteiger partial charge in [-0.05, 0) is 32.0 Å². The van der Waals surface area contributed by atoms with Gasteiger partial charge in [0, 0.05) is 25.2 Å². The summed E-state index contributed by atoms with van der Waals surface area (Å²) in [5, 5.41) is 15.1. The molecule has 28 heavy (non-hydrogen) atoms. The molecule has 1 aromatic carbocycles. The Hall–Kier alpha value is -2.76. The molecule has 0 spiro atoms. The maximum Gasteiger partial charge on any atom is 0.270 e. The van der Waals surface area contributed by atoms with E-state index >= 15 is 0 Å². The summed E-state index contributed by atoms with van der Waals surface area (Å²) in [4.78, 5) is 10.3. The number of morpholine rings is 1. The van der Waals surface area contributed by atoms with Crippen LogP contribution in [-0.4, -0.2) is 49.2 Å². The molecule has 1 N–H and O–H groups in total. The van der Waals surface area contributed by atoms with Crippen molar-refractivity contribution >= 4 is 27.6 Å². The Morgan fingerprint density at radius 1 is 1.29 bits per heavy atom. The second kappa shape index (κ2) is 8.09. The summed E-state index contributed by atoms with van der Waals surface area (Å²) in [7, 11) is -4.01. The minimum atomic E-state index is -4.01. The molecule has 0 radical (unpaired) electrons. The van der Waals surface area contributed by atoms with E-state index in [0.29, 0.717) is 5.76 Å². The lowest BCUT2D eigenvalue weighted by Crippen LogP contribution is -2.48. The summed E-state index contributed by atoms with van der Waals surface area (Å²) in [6.07, 6.45) is 2.27. The van der Waals surface area contributed by atoms with Crippen LogP contribution < -0.4 is 5.43 Å². The molecule has 1 saturated heterocycles. The summed E-state index contributed by atoms with van der Waals surface area (Å²) in [5.41, 5.74) is 2.43. The fourth-order valence-electron chi connectivity index (χ4n) is 2.93. The van der Waals surface area contributed by atoms with Crippen molar-refractivity contribution in [3.05, 3.63) is 52.5 Å². The molecular weight excluding hydrogens is 388 g/mol.